The van der Waals surface area contributed by atoms with Gasteiger partial charge in [0.1, 0.15) is 0 Å². The number of carbonyl (C=O) groups is 1. The van der Waals surface area contributed by atoms with Gasteiger partial charge in [0.2, 0.25) is 5.76 Å². The largest absolute Gasteiger partial charge is 0.461 e. The summed E-state index contributed by atoms with van der Waals surface area (Å²) in [6, 6.07) is 9.54. The zero-order chi connectivity index (χ0) is 16.9. The predicted octanol–water partition coefficient (Wildman–Crippen LogP) is 0.887. The molecule has 124 valence electrons. The van der Waals surface area contributed by atoms with Gasteiger partial charge >= 0.3 is 0 Å². The minimum absolute atomic E-state index is 0.0247. The van der Waals surface area contributed by atoms with E-state index in [9.17, 15) is 14.7 Å². The molecule has 0 aliphatic rings. The number of nitrogens with one attached hydrogen (secondary N) is 1. The number of rotatable bonds is 6. The van der Waals surface area contributed by atoms with Crippen molar-refractivity contribution in [3.05, 3.63) is 64.9 Å². The molecule has 1 atom stereocenters. The number of hydrogen-bond donors (Lipinski definition) is 2. The van der Waals surface area contributed by atoms with Crippen LogP contribution in [0.4, 0.5) is 0 Å². The van der Waals surface area contributed by atoms with Gasteiger partial charge in [-0.25, -0.2) is 0 Å². The number of hydrogen-bond acceptors (Lipinski definition) is 6. The summed E-state index contributed by atoms with van der Waals surface area (Å²) in [5.74, 6) is 0.308. The SMILES string of the molecule is O=C(NC[C@@H](O)Cn1ccccc1=O)c1cc(-c2ccco2)on1. The number of pyridine rings is 1. The van der Waals surface area contributed by atoms with E-state index in [2.05, 4.69) is 10.5 Å². The van der Waals surface area contributed by atoms with E-state index in [1.54, 1.807) is 30.5 Å². The molecule has 0 radical (unpaired) electrons. The predicted molar refractivity (Wildman–Crippen MR) is 83.2 cm³/mol. The van der Waals surface area contributed by atoms with Crippen molar-refractivity contribution in [1.82, 2.24) is 15.0 Å². The van der Waals surface area contributed by atoms with Gasteiger partial charge in [0.15, 0.2) is 11.5 Å². The van der Waals surface area contributed by atoms with E-state index in [0.29, 0.717) is 11.5 Å². The number of carbonyl (C=O) groups excluding carboxylic acids is 1. The van der Waals surface area contributed by atoms with Crippen LogP contribution in [0.25, 0.3) is 11.5 Å². The van der Waals surface area contributed by atoms with Crippen LogP contribution >= 0.6 is 0 Å². The van der Waals surface area contributed by atoms with Crippen molar-refractivity contribution in [1.29, 1.82) is 0 Å². The molecule has 3 aromatic rings. The van der Waals surface area contributed by atoms with Crippen molar-refractivity contribution in [2.75, 3.05) is 6.54 Å². The molecule has 0 aromatic carbocycles. The van der Waals surface area contributed by atoms with E-state index < -0.39 is 12.0 Å². The van der Waals surface area contributed by atoms with Crippen molar-refractivity contribution in [3.63, 3.8) is 0 Å². The molecule has 0 saturated heterocycles. The summed E-state index contributed by atoms with van der Waals surface area (Å²) < 4.78 is 11.5. The molecular formula is C16H15N3O5. The number of nitrogens with zero attached hydrogens (tertiary/aromatic N) is 2. The Labute approximate surface area is 136 Å². The van der Waals surface area contributed by atoms with Gasteiger partial charge in [-0.15, -0.1) is 0 Å². The van der Waals surface area contributed by atoms with E-state index >= 15 is 0 Å². The first-order chi connectivity index (χ1) is 11.6. The molecule has 1 amide bonds. The third-order valence-corrected chi connectivity index (χ3v) is 3.31. The maximum Gasteiger partial charge on any atom is 0.273 e. The Balaban J connectivity index is 1.55. The highest BCUT2D eigenvalue weighted by molar-refractivity contribution is 5.92. The Morgan fingerprint density at radius 1 is 1.29 bits per heavy atom. The van der Waals surface area contributed by atoms with Crippen LogP contribution in [0, 0.1) is 0 Å². The van der Waals surface area contributed by atoms with Gasteiger partial charge in [0.25, 0.3) is 11.5 Å². The molecule has 24 heavy (non-hydrogen) atoms. The van der Waals surface area contributed by atoms with Crippen LogP contribution in [0.15, 0.2) is 62.6 Å². The normalized spacial score (nSPS) is 12.0. The van der Waals surface area contributed by atoms with Crippen LogP contribution in [0.3, 0.4) is 0 Å². The zero-order valence-electron chi connectivity index (χ0n) is 12.6. The summed E-state index contributed by atoms with van der Waals surface area (Å²) in [4.78, 5) is 23.6. The minimum atomic E-state index is -0.912. The molecule has 0 aliphatic carbocycles. The summed E-state index contributed by atoms with van der Waals surface area (Å²) in [5.41, 5.74) is -0.145. The third-order valence-electron chi connectivity index (χ3n) is 3.31. The van der Waals surface area contributed by atoms with Crippen molar-refractivity contribution >= 4 is 5.91 Å². The summed E-state index contributed by atoms with van der Waals surface area (Å²) in [6.45, 7) is 0.0551. The summed E-state index contributed by atoms with van der Waals surface area (Å²) in [6.07, 6.45) is 2.14. The highest BCUT2D eigenvalue weighted by Crippen LogP contribution is 2.20. The molecule has 2 N–H and O–H groups in total. The van der Waals surface area contributed by atoms with Gasteiger partial charge in [-0.2, -0.15) is 0 Å². The third kappa shape index (κ3) is 3.61. The lowest BCUT2D eigenvalue weighted by atomic mass is 10.3. The Kier molecular flexibility index (Phi) is 4.57. The van der Waals surface area contributed by atoms with Gasteiger partial charge in [-0.3, -0.25) is 9.59 Å². The fourth-order valence-electron chi connectivity index (χ4n) is 2.12. The molecule has 0 spiro atoms. The second-order valence-corrected chi connectivity index (χ2v) is 5.11. The van der Waals surface area contributed by atoms with Gasteiger partial charge in [0.05, 0.1) is 18.9 Å². The fraction of sp³-hybridized carbons (Fsp3) is 0.188. The highest BCUT2D eigenvalue weighted by atomic mass is 16.5. The molecule has 3 heterocycles. The van der Waals surface area contributed by atoms with Crippen LogP contribution in [-0.4, -0.2) is 33.4 Å². The monoisotopic (exact) mass is 329 g/mol. The molecule has 0 unspecified atom stereocenters. The van der Waals surface area contributed by atoms with Crippen LogP contribution < -0.4 is 10.9 Å². The quantitative estimate of drug-likeness (QED) is 0.695. The molecule has 0 saturated carbocycles. The first-order valence-corrected chi connectivity index (χ1v) is 7.26. The average Bonchev–Trinajstić information content (AvgIpc) is 3.25. The second kappa shape index (κ2) is 6.97. The van der Waals surface area contributed by atoms with E-state index in [1.807, 2.05) is 0 Å². The zero-order valence-corrected chi connectivity index (χ0v) is 12.6. The van der Waals surface area contributed by atoms with Gasteiger partial charge < -0.3 is 23.9 Å². The average molecular weight is 329 g/mol. The van der Waals surface area contributed by atoms with E-state index in [0.717, 1.165) is 0 Å². The Morgan fingerprint density at radius 3 is 2.92 bits per heavy atom. The van der Waals surface area contributed by atoms with Crippen LogP contribution in [0.1, 0.15) is 10.5 Å². The Morgan fingerprint density at radius 2 is 2.17 bits per heavy atom. The molecular weight excluding hydrogens is 314 g/mol. The van der Waals surface area contributed by atoms with Crippen LogP contribution in [-0.2, 0) is 6.54 Å². The molecule has 0 fully saturated rings. The summed E-state index contributed by atoms with van der Waals surface area (Å²) in [7, 11) is 0. The smallest absolute Gasteiger partial charge is 0.273 e. The number of aliphatic hydroxyl groups is 1. The number of amides is 1. The molecule has 0 aliphatic heterocycles. The summed E-state index contributed by atoms with van der Waals surface area (Å²) in [5, 5.41) is 16.1. The van der Waals surface area contributed by atoms with E-state index in [4.69, 9.17) is 8.94 Å². The molecule has 8 nitrogen and oxygen atoms in total. The van der Waals surface area contributed by atoms with E-state index in [-0.39, 0.29) is 24.3 Å². The second-order valence-electron chi connectivity index (χ2n) is 5.11. The first-order valence-electron chi connectivity index (χ1n) is 7.26. The van der Waals surface area contributed by atoms with Crippen LogP contribution in [0.2, 0.25) is 0 Å². The molecule has 8 heteroatoms. The van der Waals surface area contributed by atoms with Crippen LogP contribution in [0.5, 0.6) is 0 Å². The van der Waals surface area contributed by atoms with Crippen molar-refractivity contribution in [3.8, 4) is 11.5 Å². The lowest BCUT2D eigenvalue weighted by Crippen LogP contribution is -2.36. The first kappa shape index (κ1) is 15.8. The maximum absolute atomic E-state index is 12.0. The minimum Gasteiger partial charge on any atom is -0.461 e. The lowest BCUT2D eigenvalue weighted by Gasteiger charge is -2.12. The van der Waals surface area contributed by atoms with Crippen molar-refractivity contribution < 1.29 is 18.8 Å². The number of aromatic nitrogens is 2. The van der Waals surface area contributed by atoms with Crippen molar-refractivity contribution in [2.24, 2.45) is 0 Å². The van der Waals surface area contributed by atoms with Crippen molar-refractivity contribution in [2.45, 2.75) is 12.6 Å². The fourth-order valence-corrected chi connectivity index (χ4v) is 2.12. The van der Waals surface area contributed by atoms with Gasteiger partial charge in [-0.05, 0) is 18.2 Å². The number of aliphatic hydroxyl groups excluding tert-OH is 1. The highest BCUT2D eigenvalue weighted by Gasteiger charge is 2.16. The topological polar surface area (TPSA) is 110 Å². The summed E-state index contributed by atoms with van der Waals surface area (Å²) >= 11 is 0. The Bertz CT molecular complexity index is 866. The molecule has 3 rings (SSSR count). The standard InChI is InChI=1S/C16H15N3O5/c20-11(10-19-6-2-1-5-15(19)21)9-17-16(22)12-8-14(24-18-12)13-4-3-7-23-13/h1-8,11,20H,9-10H2,(H,17,22)/t11-/m1/s1. The lowest BCUT2D eigenvalue weighted by molar-refractivity contribution is 0.0894. The van der Waals surface area contributed by atoms with Gasteiger partial charge in [-0.1, -0.05) is 11.2 Å². The van der Waals surface area contributed by atoms with E-state index in [1.165, 1.54) is 23.0 Å². The molecule has 3 aromatic heterocycles. The molecule has 0 bridgehead atoms. The number of furan rings is 1. The maximum atomic E-state index is 12.0. The van der Waals surface area contributed by atoms with Gasteiger partial charge in [0, 0.05) is 24.9 Å². The Hall–Kier alpha value is -3.13.